The lowest BCUT2D eigenvalue weighted by molar-refractivity contribution is -0.130. The number of likely N-dealkylation sites (N-methyl/N-ethyl adjacent to an activating group) is 1. The molecule has 0 N–H and O–H groups in total. The van der Waals surface area contributed by atoms with E-state index in [1.807, 2.05) is 19.9 Å². The molecule has 1 aliphatic carbocycles. The number of hydrogen-bond acceptors (Lipinski definition) is 5. The van der Waals surface area contributed by atoms with E-state index in [-0.39, 0.29) is 5.54 Å². The van der Waals surface area contributed by atoms with Crippen LogP contribution in [-0.2, 0) is 4.79 Å². The number of hydrogen-bond donors (Lipinski definition) is 0. The first kappa shape index (κ1) is 17.7. The van der Waals surface area contributed by atoms with E-state index in [1.54, 1.807) is 0 Å². The van der Waals surface area contributed by atoms with Crippen molar-refractivity contribution in [1.82, 2.24) is 19.8 Å². The Labute approximate surface area is 156 Å². The van der Waals surface area contributed by atoms with Crippen molar-refractivity contribution >= 4 is 11.9 Å². The highest BCUT2D eigenvalue weighted by molar-refractivity contribution is 5.76. The van der Waals surface area contributed by atoms with Crippen molar-refractivity contribution in [1.29, 1.82) is 0 Å². The summed E-state index contributed by atoms with van der Waals surface area (Å²) in [7, 11) is 2.22. The molecule has 1 saturated carbocycles. The van der Waals surface area contributed by atoms with Crippen LogP contribution in [0.3, 0.4) is 0 Å². The van der Waals surface area contributed by atoms with Crippen molar-refractivity contribution in [2.45, 2.75) is 51.5 Å². The van der Waals surface area contributed by atoms with E-state index in [1.165, 1.54) is 12.8 Å². The van der Waals surface area contributed by atoms with Gasteiger partial charge in [-0.1, -0.05) is 0 Å². The van der Waals surface area contributed by atoms with Gasteiger partial charge >= 0.3 is 0 Å². The number of nitrogens with zero attached hydrogens (tertiary/aromatic N) is 5. The standard InChI is InChI=1S/C20H31N5O/c1-15-12-16(2)22-19(21-15)25-11-10-23(3)20(14-25)7-6-18(26)24(9-8-20)13-17-4-5-17/h12,17H,4-11,13-14H2,1-3H3. The number of carbonyl (C=O) groups is 1. The fourth-order valence-corrected chi connectivity index (χ4v) is 4.52. The molecule has 1 atom stereocenters. The van der Waals surface area contributed by atoms with Crippen LogP contribution in [0.15, 0.2) is 6.07 Å². The van der Waals surface area contributed by atoms with Crippen LogP contribution in [0.25, 0.3) is 0 Å². The maximum atomic E-state index is 12.6. The van der Waals surface area contributed by atoms with Gasteiger partial charge in [-0.15, -0.1) is 0 Å². The second kappa shape index (κ2) is 6.80. The van der Waals surface area contributed by atoms with E-state index in [0.29, 0.717) is 12.3 Å². The minimum Gasteiger partial charge on any atom is -0.342 e. The second-order valence-corrected chi connectivity index (χ2v) is 8.55. The number of likely N-dealkylation sites (tertiary alicyclic amines) is 1. The molecule has 2 aliphatic heterocycles. The van der Waals surface area contributed by atoms with Crippen LogP contribution in [0.1, 0.15) is 43.5 Å². The molecule has 4 rings (SSSR count). The van der Waals surface area contributed by atoms with Gasteiger partial charge < -0.3 is 9.80 Å². The summed E-state index contributed by atoms with van der Waals surface area (Å²) in [6.45, 7) is 8.78. The van der Waals surface area contributed by atoms with Gasteiger partial charge in [-0.05, 0) is 58.6 Å². The predicted molar refractivity (Wildman–Crippen MR) is 102 cm³/mol. The number of piperazine rings is 1. The van der Waals surface area contributed by atoms with E-state index in [9.17, 15) is 4.79 Å². The number of aryl methyl sites for hydroxylation is 2. The fraction of sp³-hybridized carbons (Fsp3) is 0.750. The molecule has 1 amide bonds. The lowest BCUT2D eigenvalue weighted by atomic mass is 9.86. The monoisotopic (exact) mass is 357 g/mol. The summed E-state index contributed by atoms with van der Waals surface area (Å²) < 4.78 is 0. The summed E-state index contributed by atoms with van der Waals surface area (Å²) in [5.41, 5.74) is 2.09. The highest BCUT2D eigenvalue weighted by Crippen LogP contribution is 2.35. The summed E-state index contributed by atoms with van der Waals surface area (Å²) in [6.07, 6.45) is 5.24. The molecule has 6 heteroatoms. The summed E-state index contributed by atoms with van der Waals surface area (Å²) in [6, 6.07) is 2.02. The minimum atomic E-state index is 0.0488. The minimum absolute atomic E-state index is 0.0488. The van der Waals surface area contributed by atoms with Crippen molar-refractivity contribution in [3.63, 3.8) is 0 Å². The molecule has 6 nitrogen and oxygen atoms in total. The van der Waals surface area contributed by atoms with Gasteiger partial charge in [0.2, 0.25) is 11.9 Å². The fourth-order valence-electron chi connectivity index (χ4n) is 4.52. The zero-order chi connectivity index (χ0) is 18.3. The number of carbonyl (C=O) groups excluding carboxylic acids is 1. The average Bonchev–Trinajstić information content (AvgIpc) is 3.42. The quantitative estimate of drug-likeness (QED) is 0.828. The van der Waals surface area contributed by atoms with E-state index >= 15 is 0 Å². The zero-order valence-electron chi connectivity index (χ0n) is 16.4. The Kier molecular flexibility index (Phi) is 4.63. The second-order valence-electron chi connectivity index (χ2n) is 8.55. The number of aromatic nitrogens is 2. The highest BCUT2D eigenvalue weighted by Gasteiger charge is 2.43. The van der Waals surface area contributed by atoms with Crippen molar-refractivity contribution in [3.8, 4) is 0 Å². The van der Waals surface area contributed by atoms with Crippen LogP contribution in [0.4, 0.5) is 5.95 Å². The molecule has 1 unspecified atom stereocenters. The van der Waals surface area contributed by atoms with Crippen LogP contribution in [0, 0.1) is 19.8 Å². The van der Waals surface area contributed by atoms with Gasteiger partial charge in [0.15, 0.2) is 0 Å². The van der Waals surface area contributed by atoms with Gasteiger partial charge in [-0.3, -0.25) is 9.69 Å². The molecule has 1 aromatic heterocycles. The molecule has 0 bridgehead atoms. The molecule has 3 heterocycles. The molecule has 3 fully saturated rings. The Hall–Kier alpha value is -1.69. The number of amides is 1. The van der Waals surface area contributed by atoms with E-state index < -0.39 is 0 Å². The number of rotatable bonds is 3. The topological polar surface area (TPSA) is 52.6 Å². The third kappa shape index (κ3) is 3.56. The molecule has 3 aliphatic rings. The third-order valence-electron chi connectivity index (χ3n) is 6.43. The van der Waals surface area contributed by atoms with Gasteiger partial charge in [-0.25, -0.2) is 9.97 Å². The molecular weight excluding hydrogens is 326 g/mol. The van der Waals surface area contributed by atoms with Crippen molar-refractivity contribution < 1.29 is 4.79 Å². The van der Waals surface area contributed by atoms with E-state index in [2.05, 4.69) is 31.7 Å². The summed E-state index contributed by atoms with van der Waals surface area (Å²) >= 11 is 0. The summed E-state index contributed by atoms with van der Waals surface area (Å²) in [5, 5.41) is 0. The van der Waals surface area contributed by atoms with Crippen LogP contribution in [0.5, 0.6) is 0 Å². The Morgan fingerprint density at radius 3 is 2.54 bits per heavy atom. The molecule has 1 spiro atoms. The molecule has 2 saturated heterocycles. The Morgan fingerprint density at radius 1 is 1.12 bits per heavy atom. The van der Waals surface area contributed by atoms with Gasteiger partial charge in [-0.2, -0.15) is 0 Å². The molecule has 1 aromatic rings. The third-order valence-corrected chi connectivity index (χ3v) is 6.43. The first-order valence-corrected chi connectivity index (χ1v) is 10.0. The molecule has 26 heavy (non-hydrogen) atoms. The SMILES string of the molecule is Cc1cc(C)nc(N2CCN(C)C3(CCC(=O)N(CC4CC4)CC3)C2)n1. The smallest absolute Gasteiger partial charge is 0.225 e. The lowest BCUT2D eigenvalue weighted by Crippen LogP contribution is -2.61. The van der Waals surface area contributed by atoms with Gasteiger partial charge in [0.1, 0.15) is 0 Å². The van der Waals surface area contributed by atoms with Gasteiger partial charge in [0.25, 0.3) is 0 Å². The van der Waals surface area contributed by atoms with Crippen molar-refractivity contribution in [3.05, 3.63) is 17.5 Å². The maximum Gasteiger partial charge on any atom is 0.225 e. The normalized spacial score (nSPS) is 27.9. The Balaban J connectivity index is 1.52. The number of anilines is 1. The zero-order valence-corrected chi connectivity index (χ0v) is 16.4. The van der Waals surface area contributed by atoms with Gasteiger partial charge in [0.05, 0.1) is 0 Å². The van der Waals surface area contributed by atoms with Crippen LogP contribution in [-0.4, -0.2) is 71.0 Å². The average molecular weight is 358 g/mol. The molecule has 0 radical (unpaired) electrons. The van der Waals surface area contributed by atoms with Crippen LogP contribution >= 0.6 is 0 Å². The van der Waals surface area contributed by atoms with E-state index in [0.717, 1.165) is 68.8 Å². The Bertz CT molecular complexity index is 669. The Morgan fingerprint density at radius 2 is 1.85 bits per heavy atom. The highest BCUT2D eigenvalue weighted by atomic mass is 16.2. The first-order valence-electron chi connectivity index (χ1n) is 10.0. The van der Waals surface area contributed by atoms with E-state index in [4.69, 9.17) is 0 Å². The lowest BCUT2D eigenvalue weighted by Gasteiger charge is -2.49. The van der Waals surface area contributed by atoms with Gasteiger partial charge in [0, 0.05) is 56.1 Å². The van der Waals surface area contributed by atoms with Crippen LogP contribution in [0.2, 0.25) is 0 Å². The molecule has 142 valence electrons. The maximum absolute atomic E-state index is 12.6. The molecule has 0 aromatic carbocycles. The molecular formula is C20H31N5O. The summed E-state index contributed by atoms with van der Waals surface area (Å²) in [5.74, 6) is 1.96. The first-order chi connectivity index (χ1) is 12.4. The largest absolute Gasteiger partial charge is 0.342 e. The van der Waals surface area contributed by atoms with Crippen molar-refractivity contribution in [2.75, 3.05) is 44.7 Å². The van der Waals surface area contributed by atoms with Crippen LogP contribution < -0.4 is 4.90 Å². The summed E-state index contributed by atoms with van der Waals surface area (Å²) in [4.78, 5) is 28.9. The predicted octanol–water partition coefficient (Wildman–Crippen LogP) is 2.01. The van der Waals surface area contributed by atoms with Crippen molar-refractivity contribution in [2.24, 2.45) is 5.92 Å².